The molecule has 2 aromatic heterocycles. The Bertz CT molecular complexity index is 1560. The Labute approximate surface area is 237 Å². The van der Waals surface area contributed by atoms with Crippen molar-refractivity contribution >= 4 is 32.8 Å². The Morgan fingerprint density at radius 3 is 2.80 bits per heavy atom. The third-order valence-electron chi connectivity index (χ3n) is 7.43. The van der Waals surface area contributed by atoms with Gasteiger partial charge in [-0.3, -0.25) is 0 Å². The fourth-order valence-corrected chi connectivity index (χ4v) is 6.26. The highest BCUT2D eigenvalue weighted by atomic mass is 35.5. The Hall–Kier alpha value is -2.69. The van der Waals surface area contributed by atoms with Gasteiger partial charge in [0.1, 0.15) is 36.5 Å². The predicted octanol–water partition coefficient (Wildman–Crippen LogP) is 2.45. The molecule has 222 valence electrons. The number of aliphatic hydroxyl groups is 1. The normalized spacial score (nSPS) is 25.7. The number of halogens is 4. The van der Waals surface area contributed by atoms with Gasteiger partial charge in [-0.2, -0.15) is 13.8 Å². The zero-order chi connectivity index (χ0) is 28.9. The van der Waals surface area contributed by atoms with Crippen LogP contribution in [0, 0.1) is 5.82 Å². The van der Waals surface area contributed by atoms with Crippen LogP contribution in [0.5, 0.6) is 11.8 Å². The smallest absolute Gasteiger partial charge is 0.350 e. The minimum Gasteiger partial charge on any atom is -0.492 e. The third kappa shape index (κ3) is 5.70. The summed E-state index contributed by atoms with van der Waals surface area (Å²) in [5, 5.41) is 10.3. The number of aromatic nitrogens is 3. The molecule has 0 saturated carbocycles. The van der Waals surface area contributed by atoms with Crippen LogP contribution >= 0.6 is 11.6 Å². The highest BCUT2D eigenvalue weighted by molar-refractivity contribution is 7.89. The second kappa shape index (κ2) is 11.2. The van der Waals surface area contributed by atoms with Crippen molar-refractivity contribution < 1.29 is 45.6 Å². The molecule has 2 saturated heterocycles. The number of alkyl halides is 2. The standard InChI is InChI=1S/C25H26ClF3N4O7S/c26-14-8-17-23(33-25(32-17)40-19-10-39-21-18(34)9-38-22(19)21)31-16(14)6-12-2-1-11-5-13(7-15(27)20(11)12)37-4-3-30-41(35,36)24(28)29/h5,7-8,12,18-19,21-22,24,30,34H,1-4,6,9-10H2,(H,31,32,33)/t12?,18-,19-,21-,22-/m1/s1. The van der Waals surface area contributed by atoms with E-state index in [2.05, 4.69) is 15.0 Å². The maximum Gasteiger partial charge on any atom is 0.350 e. The summed E-state index contributed by atoms with van der Waals surface area (Å²) in [6, 6.07) is 4.76. The first-order valence-electron chi connectivity index (χ1n) is 12.9. The Morgan fingerprint density at radius 1 is 1.20 bits per heavy atom. The van der Waals surface area contributed by atoms with E-state index < -0.39 is 46.0 Å². The van der Waals surface area contributed by atoms with Gasteiger partial charge < -0.3 is 29.0 Å². The molecule has 2 fully saturated rings. The largest absolute Gasteiger partial charge is 0.492 e. The Morgan fingerprint density at radius 2 is 2.00 bits per heavy atom. The van der Waals surface area contributed by atoms with Gasteiger partial charge in [-0.15, -0.1) is 0 Å². The van der Waals surface area contributed by atoms with Gasteiger partial charge in [0.15, 0.2) is 11.8 Å². The molecule has 0 bridgehead atoms. The monoisotopic (exact) mass is 618 g/mol. The van der Waals surface area contributed by atoms with Gasteiger partial charge in [-0.05, 0) is 48.4 Å². The molecule has 2 aliphatic heterocycles. The van der Waals surface area contributed by atoms with E-state index in [1.54, 1.807) is 16.9 Å². The molecule has 3 aromatic rings. The van der Waals surface area contributed by atoms with Crippen LogP contribution in [-0.4, -0.2) is 85.0 Å². The summed E-state index contributed by atoms with van der Waals surface area (Å²) in [5.74, 6) is -4.05. The number of imidazole rings is 1. The van der Waals surface area contributed by atoms with E-state index in [1.807, 2.05) is 0 Å². The molecule has 0 amide bonds. The number of rotatable bonds is 10. The van der Waals surface area contributed by atoms with Crippen LogP contribution in [0.2, 0.25) is 5.02 Å². The second-order valence-electron chi connectivity index (χ2n) is 10.1. The number of sulfonamides is 1. The molecule has 11 nitrogen and oxygen atoms in total. The number of H-pyrrole nitrogens is 1. The second-order valence-corrected chi connectivity index (χ2v) is 12.3. The summed E-state index contributed by atoms with van der Waals surface area (Å²) in [5.41, 5.74) is 2.75. The van der Waals surface area contributed by atoms with Gasteiger partial charge >= 0.3 is 5.76 Å². The van der Waals surface area contributed by atoms with Gasteiger partial charge in [0.05, 0.1) is 29.4 Å². The number of aromatic amines is 1. The van der Waals surface area contributed by atoms with E-state index in [4.69, 9.17) is 30.5 Å². The number of ether oxygens (including phenoxy) is 4. The summed E-state index contributed by atoms with van der Waals surface area (Å²) in [6.45, 7) is -0.193. The van der Waals surface area contributed by atoms with E-state index in [0.29, 0.717) is 46.7 Å². The third-order valence-corrected chi connectivity index (χ3v) is 8.83. The van der Waals surface area contributed by atoms with Crippen LogP contribution in [0.3, 0.4) is 0 Å². The highest BCUT2D eigenvalue weighted by Gasteiger charge is 2.48. The number of nitrogens with one attached hydrogen (secondary N) is 2. The lowest BCUT2D eigenvalue weighted by Gasteiger charge is -2.15. The van der Waals surface area contributed by atoms with Crippen molar-refractivity contribution in [1.82, 2.24) is 19.7 Å². The first kappa shape index (κ1) is 28.4. The summed E-state index contributed by atoms with van der Waals surface area (Å²) >= 11 is 6.54. The molecule has 1 aromatic carbocycles. The van der Waals surface area contributed by atoms with Crippen molar-refractivity contribution in [2.75, 3.05) is 26.4 Å². The van der Waals surface area contributed by atoms with Crippen LogP contribution in [0.4, 0.5) is 13.2 Å². The maximum atomic E-state index is 15.2. The van der Waals surface area contributed by atoms with Crippen molar-refractivity contribution in [1.29, 1.82) is 0 Å². The molecular formula is C25H26ClF3N4O7S. The molecule has 1 aliphatic carbocycles. The van der Waals surface area contributed by atoms with Gasteiger partial charge in [0, 0.05) is 12.6 Å². The zero-order valence-electron chi connectivity index (χ0n) is 21.4. The lowest BCUT2D eigenvalue weighted by atomic mass is 9.95. The first-order chi connectivity index (χ1) is 19.6. The van der Waals surface area contributed by atoms with Gasteiger partial charge in [-0.25, -0.2) is 22.5 Å². The van der Waals surface area contributed by atoms with Crippen molar-refractivity contribution in [2.45, 2.75) is 55.4 Å². The van der Waals surface area contributed by atoms with Gasteiger partial charge in [0.25, 0.3) is 16.0 Å². The average Bonchev–Trinajstić information content (AvgIpc) is 3.68. The number of benzene rings is 1. The molecule has 3 aliphatic rings. The quantitative estimate of drug-likeness (QED) is 0.292. The van der Waals surface area contributed by atoms with Crippen LogP contribution in [0.15, 0.2) is 18.2 Å². The molecule has 6 rings (SSSR count). The molecule has 0 spiro atoms. The topological polar surface area (TPSA) is 145 Å². The van der Waals surface area contributed by atoms with Crippen molar-refractivity contribution in [3.63, 3.8) is 0 Å². The summed E-state index contributed by atoms with van der Waals surface area (Å²) in [6.07, 6.45) is -0.383. The van der Waals surface area contributed by atoms with E-state index in [9.17, 15) is 22.3 Å². The molecule has 1 unspecified atom stereocenters. The average molecular weight is 619 g/mol. The van der Waals surface area contributed by atoms with E-state index >= 15 is 4.39 Å². The summed E-state index contributed by atoms with van der Waals surface area (Å²) < 4.78 is 86.4. The number of aryl methyl sites for hydroxylation is 1. The minimum atomic E-state index is -4.72. The van der Waals surface area contributed by atoms with E-state index in [1.165, 1.54) is 6.07 Å². The first-order valence-corrected chi connectivity index (χ1v) is 14.9. The van der Waals surface area contributed by atoms with Crippen molar-refractivity contribution in [3.05, 3.63) is 45.9 Å². The Kier molecular flexibility index (Phi) is 7.76. The lowest BCUT2D eigenvalue weighted by Crippen LogP contribution is -2.34. The number of fused-ring (bicyclic) bond motifs is 3. The number of pyridine rings is 1. The van der Waals surface area contributed by atoms with Crippen LogP contribution in [0.25, 0.3) is 11.2 Å². The predicted molar refractivity (Wildman–Crippen MR) is 138 cm³/mol. The van der Waals surface area contributed by atoms with Crippen LogP contribution < -0.4 is 14.2 Å². The number of hydrogen-bond acceptors (Lipinski definition) is 9. The maximum absolute atomic E-state index is 15.2. The van der Waals surface area contributed by atoms with Crippen LogP contribution in [-0.2, 0) is 32.3 Å². The Balaban J connectivity index is 1.11. The van der Waals surface area contributed by atoms with Crippen LogP contribution in [0.1, 0.15) is 29.2 Å². The molecule has 3 N–H and O–H groups in total. The fraction of sp³-hybridized carbons (Fsp3) is 0.520. The summed E-state index contributed by atoms with van der Waals surface area (Å²) in [7, 11) is -4.72. The highest BCUT2D eigenvalue weighted by Crippen LogP contribution is 2.40. The molecule has 41 heavy (non-hydrogen) atoms. The lowest BCUT2D eigenvalue weighted by molar-refractivity contribution is 0.00706. The van der Waals surface area contributed by atoms with E-state index in [-0.39, 0.29) is 44.0 Å². The van der Waals surface area contributed by atoms with E-state index in [0.717, 1.165) is 5.56 Å². The fourth-order valence-electron chi connectivity index (χ4n) is 5.54. The number of aliphatic hydroxyl groups excluding tert-OH is 1. The SMILES string of the molecule is O=S(=O)(NCCOc1cc(F)c2c(c1)CCC2Cc1nc2nc(O[C@@H]3CO[C@H]4[C@@H]3OC[C@H]4O)[nH]c2cc1Cl)C(F)F. The number of hydrogen-bond donors (Lipinski definition) is 3. The zero-order valence-corrected chi connectivity index (χ0v) is 22.9. The van der Waals surface area contributed by atoms with Gasteiger partial charge in [-0.1, -0.05) is 11.6 Å². The molecule has 5 atom stereocenters. The summed E-state index contributed by atoms with van der Waals surface area (Å²) in [4.78, 5) is 12.1. The van der Waals surface area contributed by atoms with Gasteiger partial charge in [0.2, 0.25) is 0 Å². The molecular weight excluding hydrogens is 593 g/mol. The molecule has 4 heterocycles. The molecule has 0 radical (unpaired) electrons. The van der Waals surface area contributed by atoms with Crippen molar-refractivity contribution in [3.8, 4) is 11.8 Å². The minimum absolute atomic E-state index is 0.177. The number of nitrogens with zero attached hydrogens (tertiary/aromatic N) is 2. The van der Waals surface area contributed by atoms with Crippen molar-refractivity contribution in [2.24, 2.45) is 0 Å². The molecule has 16 heteroatoms.